The summed E-state index contributed by atoms with van der Waals surface area (Å²) in [7, 11) is 3.18. The van der Waals surface area contributed by atoms with Crippen molar-refractivity contribution in [3.63, 3.8) is 0 Å². The Kier molecular flexibility index (Phi) is 5.65. The lowest BCUT2D eigenvalue weighted by Crippen LogP contribution is -2.27. The van der Waals surface area contributed by atoms with E-state index >= 15 is 0 Å². The maximum atomic E-state index is 12.7. The molecular weight excluding hydrogens is 386 g/mol. The number of nitrogens with zero attached hydrogens (tertiary/aromatic N) is 2. The Morgan fingerprint density at radius 1 is 1.10 bits per heavy atom. The van der Waals surface area contributed by atoms with Crippen LogP contribution in [0.2, 0.25) is 0 Å². The van der Waals surface area contributed by atoms with E-state index in [0.29, 0.717) is 49.2 Å². The van der Waals surface area contributed by atoms with Crippen molar-refractivity contribution >= 4 is 16.9 Å². The third kappa shape index (κ3) is 3.85. The lowest BCUT2D eigenvalue weighted by atomic mass is 10.2. The minimum Gasteiger partial charge on any atom is -0.493 e. The summed E-state index contributed by atoms with van der Waals surface area (Å²) in [6.45, 7) is 3.62. The van der Waals surface area contributed by atoms with Crippen LogP contribution in [-0.2, 0) is 24.3 Å². The van der Waals surface area contributed by atoms with Gasteiger partial charge in [0.1, 0.15) is 25.6 Å². The summed E-state index contributed by atoms with van der Waals surface area (Å²) < 4.78 is 23.8. The molecule has 2 heterocycles. The zero-order valence-corrected chi connectivity index (χ0v) is 17.4. The molecule has 1 N–H and O–H groups in total. The van der Waals surface area contributed by atoms with Gasteiger partial charge in [-0.3, -0.25) is 4.79 Å². The van der Waals surface area contributed by atoms with Crippen molar-refractivity contribution in [1.29, 1.82) is 0 Å². The number of amides is 1. The predicted octanol–water partition coefficient (Wildman–Crippen LogP) is 2.70. The van der Waals surface area contributed by atoms with Gasteiger partial charge >= 0.3 is 0 Å². The van der Waals surface area contributed by atoms with Gasteiger partial charge in [-0.15, -0.1) is 0 Å². The third-order valence-corrected chi connectivity index (χ3v) is 5.05. The molecule has 8 nitrogen and oxygen atoms in total. The van der Waals surface area contributed by atoms with Crippen molar-refractivity contribution in [3.8, 4) is 23.0 Å². The molecule has 30 heavy (non-hydrogen) atoms. The molecule has 158 valence electrons. The Hall–Kier alpha value is -3.42. The fourth-order valence-electron chi connectivity index (χ4n) is 3.55. The van der Waals surface area contributed by atoms with Crippen LogP contribution in [0.25, 0.3) is 11.0 Å². The van der Waals surface area contributed by atoms with Gasteiger partial charge in [-0.2, -0.15) is 0 Å². The SMILES string of the molecule is CCc1nc2cc3c(cc2n1CC(=O)NCc1ccc(OC)c(OC)c1)OCCO3. The van der Waals surface area contributed by atoms with Crippen molar-refractivity contribution in [2.24, 2.45) is 0 Å². The van der Waals surface area contributed by atoms with Gasteiger partial charge in [0.2, 0.25) is 5.91 Å². The molecule has 1 amide bonds. The molecule has 8 heteroatoms. The molecule has 0 radical (unpaired) electrons. The average Bonchev–Trinajstić information content (AvgIpc) is 3.12. The highest BCUT2D eigenvalue weighted by atomic mass is 16.6. The minimum absolute atomic E-state index is 0.103. The summed E-state index contributed by atoms with van der Waals surface area (Å²) >= 11 is 0. The van der Waals surface area contributed by atoms with Gasteiger partial charge in [-0.25, -0.2) is 4.98 Å². The summed E-state index contributed by atoms with van der Waals surface area (Å²) in [5.41, 5.74) is 2.58. The van der Waals surface area contributed by atoms with Crippen molar-refractivity contribution < 1.29 is 23.7 Å². The second kappa shape index (κ2) is 8.52. The molecule has 2 aromatic carbocycles. The normalized spacial score (nSPS) is 12.6. The zero-order chi connectivity index (χ0) is 21.1. The molecule has 0 unspecified atom stereocenters. The molecule has 3 aromatic rings. The average molecular weight is 411 g/mol. The number of benzene rings is 2. The summed E-state index contributed by atoms with van der Waals surface area (Å²) in [5.74, 6) is 3.40. The Bertz CT molecular complexity index is 1080. The van der Waals surface area contributed by atoms with E-state index in [4.69, 9.17) is 18.9 Å². The van der Waals surface area contributed by atoms with Gasteiger partial charge < -0.3 is 28.8 Å². The van der Waals surface area contributed by atoms with Crippen LogP contribution in [0, 0.1) is 0 Å². The quantitative estimate of drug-likeness (QED) is 0.644. The summed E-state index contributed by atoms with van der Waals surface area (Å²) in [6, 6.07) is 9.35. The largest absolute Gasteiger partial charge is 0.493 e. The van der Waals surface area contributed by atoms with Gasteiger partial charge in [-0.1, -0.05) is 13.0 Å². The third-order valence-electron chi connectivity index (χ3n) is 5.05. The first-order valence-corrected chi connectivity index (χ1v) is 9.89. The molecule has 0 bridgehead atoms. The highest BCUT2D eigenvalue weighted by Crippen LogP contribution is 2.35. The summed E-state index contributed by atoms with van der Waals surface area (Å²) in [4.78, 5) is 17.4. The van der Waals surface area contributed by atoms with Crippen LogP contribution >= 0.6 is 0 Å². The van der Waals surface area contributed by atoms with E-state index < -0.39 is 0 Å². The van der Waals surface area contributed by atoms with Crippen molar-refractivity contribution in [2.45, 2.75) is 26.4 Å². The fourth-order valence-corrected chi connectivity index (χ4v) is 3.55. The predicted molar refractivity (Wildman–Crippen MR) is 111 cm³/mol. The smallest absolute Gasteiger partial charge is 0.240 e. The maximum absolute atomic E-state index is 12.7. The summed E-state index contributed by atoms with van der Waals surface area (Å²) in [6.07, 6.45) is 0.712. The Morgan fingerprint density at radius 3 is 2.53 bits per heavy atom. The Labute approximate surface area is 174 Å². The summed E-state index contributed by atoms with van der Waals surface area (Å²) in [5, 5.41) is 2.96. The molecule has 1 aliphatic heterocycles. The lowest BCUT2D eigenvalue weighted by molar-refractivity contribution is -0.121. The van der Waals surface area contributed by atoms with Crippen LogP contribution in [0.4, 0.5) is 0 Å². The number of fused-ring (bicyclic) bond motifs is 2. The molecule has 0 fully saturated rings. The molecule has 0 spiro atoms. The van der Waals surface area contributed by atoms with Crippen LogP contribution in [-0.4, -0.2) is 42.9 Å². The molecule has 0 saturated heterocycles. The Morgan fingerprint density at radius 2 is 1.83 bits per heavy atom. The highest BCUT2D eigenvalue weighted by Gasteiger charge is 2.19. The molecule has 0 aliphatic carbocycles. The maximum Gasteiger partial charge on any atom is 0.240 e. The van der Waals surface area contributed by atoms with Crippen LogP contribution < -0.4 is 24.3 Å². The number of aryl methyl sites for hydroxylation is 1. The number of ether oxygens (including phenoxy) is 4. The molecule has 0 saturated carbocycles. The molecule has 1 aliphatic rings. The molecular formula is C22H25N3O5. The van der Waals surface area contributed by atoms with E-state index in [9.17, 15) is 4.79 Å². The number of hydrogen-bond acceptors (Lipinski definition) is 6. The fraction of sp³-hybridized carbons (Fsp3) is 0.364. The van der Waals surface area contributed by atoms with Crippen LogP contribution in [0.15, 0.2) is 30.3 Å². The standard InChI is InChI=1S/C22H25N3O5/c1-4-21-24-15-10-19-20(30-8-7-29-19)11-16(15)25(21)13-22(26)23-12-14-5-6-17(27-2)18(9-14)28-3/h5-6,9-11H,4,7-8,12-13H2,1-3H3,(H,23,26). The minimum atomic E-state index is -0.103. The number of methoxy groups -OCH3 is 2. The first kappa shape index (κ1) is 19.9. The van der Waals surface area contributed by atoms with E-state index in [0.717, 1.165) is 22.4 Å². The number of hydrogen-bond donors (Lipinski definition) is 1. The number of imidazole rings is 1. The van der Waals surface area contributed by atoms with E-state index in [1.165, 1.54) is 0 Å². The van der Waals surface area contributed by atoms with Gasteiger partial charge in [-0.05, 0) is 17.7 Å². The van der Waals surface area contributed by atoms with Crippen molar-refractivity contribution in [2.75, 3.05) is 27.4 Å². The second-order valence-electron chi connectivity index (χ2n) is 6.92. The molecule has 0 atom stereocenters. The molecule has 4 rings (SSSR count). The zero-order valence-electron chi connectivity index (χ0n) is 17.4. The number of aromatic nitrogens is 2. The topological polar surface area (TPSA) is 83.8 Å². The first-order chi connectivity index (χ1) is 14.6. The van der Waals surface area contributed by atoms with Gasteiger partial charge in [0, 0.05) is 25.1 Å². The van der Waals surface area contributed by atoms with E-state index in [-0.39, 0.29) is 12.5 Å². The number of carbonyl (C=O) groups is 1. The van der Waals surface area contributed by atoms with Crippen LogP contribution in [0.1, 0.15) is 18.3 Å². The monoisotopic (exact) mass is 411 g/mol. The van der Waals surface area contributed by atoms with Crippen molar-refractivity contribution in [3.05, 3.63) is 41.7 Å². The first-order valence-electron chi connectivity index (χ1n) is 9.89. The van der Waals surface area contributed by atoms with E-state index in [1.54, 1.807) is 14.2 Å². The number of rotatable bonds is 7. The molecule has 1 aromatic heterocycles. The lowest BCUT2D eigenvalue weighted by Gasteiger charge is -2.18. The number of carbonyl (C=O) groups excluding carboxylic acids is 1. The van der Waals surface area contributed by atoms with Gasteiger partial charge in [0.25, 0.3) is 0 Å². The van der Waals surface area contributed by atoms with Crippen molar-refractivity contribution in [1.82, 2.24) is 14.9 Å². The Balaban J connectivity index is 1.51. The van der Waals surface area contributed by atoms with Gasteiger partial charge in [0.15, 0.2) is 23.0 Å². The van der Waals surface area contributed by atoms with Gasteiger partial charge in [0.05, 0.1) is 25.3 Å². The van der Waals surface area contributed by atoms with Crippen LogP contribution in [0.5, 0.6) is 23.0 Å². The number of nitrogens with one attached hydrogen (secondary N) is 1. The van der Waals surface area contributed by atoms with E-state index in [2.05, 4.69) is 10.3 Å². The van der Waals surface area contributed by atoms with E-state index in [1.807, 2.05) is 41.8 Å². The second-order valence-corrected chi connectivity index (χ2v) is 6.92. The highest BCUT2D eigenvalue weighted by molar-refractivity contribution is 5.83. The van der Waals surface area contributed by atoms with Crippen LogP contribution in [0.3, 0.4) is 0 Å².